The number of nitrogens with zero attached hydrogens (tertiary/aromatic N) is 2. The zero-order chi connectivity index (χ0) is 28.3. The molecule has 0 aliphatic rings. The van der Waals surface area contributed by atoms with Gasteiger partial charge in [-0.1, -0.05) is 54.1 Å². The molecular weight excluding hydrogens is 531 g/mol. The number of halogens is 2. The van der Waals surface area contributed by atoms with Crippen molar-refractivity contribution in [1.82, 2.24) is 15.6 Å². The lowest BCUT2D eigenvalue weighted by Gasteiger charge is -2.16. The van der Waals surface area contributed by atoms with Gasteiger partial charge in [0.05, 0.1) is 10.6 Å². The lowest BCUT2D eigenvalue weighted by molar-refractivity contribution is -0.118. The van der Waals surface area contributed by atoms with E-state index in [0.717, 1.165) is 11.1 Å². The topological polar surface area (TPSA) is 96.3 Å². The molecule has 1 heterocycles. The molecule has 7 nitrogen and oxygen atoms in total. The summed E-state index contributed by atoms with van der Waals surface area (Å²) >= 11 is 6.65. The number of amides is 1. The Labute approximate surface area is 237 Å². The molecule has 0 atom stereocenters. The average Bonchev–Trinajstić information content (AvgIpc) is 2.96. The van der Waals surface area contributed by atoms with Crippen LogP contribution >= 0.6 is 11.6 Å². The Balaban J connectivity index is 1.49. The van der Waals surface area contributed by atoms with Crippen LogP contribution in [0.15, 0.2) is 79.1 Å². The average molecular weight is 559 g/mol. The SMILES string of the molecule is CC(=O)NCCNCc1ccc(OCc2cccc(-c3ccccc3F)c2Cl)cc1OCc1cncc(C#N)c1. The van der Waals surface area contributed by atoms with Gasteiger partial charge in [0.1, 0.15) is 36.6 Å². The first-order chi connectivity index (χ1) is 19.4. The van der Waals surface area contributed by atoms with E-state index in [9.17, 15) is 9.18 Å². The molecule has 40 heavy (non-hydrogen) atoms. The predicted molar refractivity (Wildman–Crippen MR) is 151 cm³/mol. The summed E-state index contributed by atoms with van der Waals surface area (Å²) in [5.74, 6) is 0.729. The van der Waals surface area contributed by atoms with E-state index in [4.69, 9.17) is 26.3 Å². The minimum Gasteiger partial charge on any atom is -0.489 e. The van der Waals surface area contributed by atoms with Gasteiger partial charge in [-0.2, -0.15) is 5.26 Å². The molecule has 0 bridgehead atoms. The van der Waals surface area contributed by atoms with Gasteiger partial charge in [-0.3, -0.25) is 9.78 Å². The molecule has 0 radical (unpaired) electrons. The fraction of sp³-hybridized carbons (Fsp3) is 0.194. The van der Waals surface area contributed by atoms with Gasteiger partial charge in [-0.25, -0.2) is 4.39 Å². The third kappa shape index (κ3) is 7.79. The van der Waals surface area contributed by atoms with Crippen molar-refractivity contribution in [3.63, 3.8) is 0 Å². The van der Waals surface area contributed by atoms with Crippen LogP contribution < -0.4 is 20.1 Å². The fourth-order valence-electron chi connectivity index (χ4n) is 3.98. The second-order valence-electron chi connectivity index (χ2n) is 8.96. The molecule has 9 heteroatoms. The number of nitrogens with one attached hydrogen (secondary N) is 2. The quantitative estimate of drug-likeness (QED) is 0.213. The first kappa shape index (κ1) is 28.6. The maximum Gasteiger partial charge on any atom is 0.216 e. The van der Waals surface area contributed by atoms with E-state index in [-0.39, 0.29) is 24.9 Å². The summed E-state index contributed by atoms with van der Waals surface area (Å²) in [5, 5.41) is 15.6. The van der Waals surface area contributed by atoms with Crippen molar-refractivity contribution in [3.05, 3.63) is 112 Å². The lowest BCUT2D eigenvalue weighted by atomic mass is 10.0. The second-order valence-corrected chi connectivity index (χ2v) is 9.34. The van der Waals surface area contributed by atoms with Gasteiger partial charge in [0.25, 0.3) is 0 Å². The Morgan fingerprint density at radius 3 is 2.60 bits per heavy atom. The third-order valence-electron chi connectivity index (χ3n) is 5.99. The molecule has 1 aromatic heterocycles. The summed E-state index contributed by atoms with van der Waals surface area (Å²) in [5.41, 5.74) is 3.83. The maximum absolute atomic E-state index is 14.4. The zero-order valence-corrected chi connectivity index (χ0v) is 22.7. The number of rotatable bonds is 12. The molecule has 0 spiro atoms. The van der Waals surface area contributed by atoms with Gasteiger partial charge in [0, 0.05) is 72.8 Å². The summed E-state index contributed by atoms with van der Waals surface area (Å²) in [4.78, 5) is 15.2. The van der Waals surface area contributed by atoms with Crippen LogP contribution in [0.3, 0.4) is 0 Å². The predicted octanol–water partition coefficient (Wildman–Crippen LogP) is 5.80. The standard InChI is InChI=1S/C31H28ClFN4O3/c1-21(38)37-12-11-35-18-24-9-10-26(14-30(24)40-19-23-13-22(15-34)16-36-17-23)39-20-25-5-4-7-28(31(25)32)27-6-2-3-8-29(27)33/h2-10,13-14,16-17,35H,11-12,18-20H2,1H3,(H,37,38). The number of hydrogen-bond acceptors (Lipinski definition) is 6. The van der Waals surface area contributed by atoms with Crippen LogP contribution in [0, 0.1) is 17.1 Å². The van der Waals surface area contributed by atoms with Gasteiger partial charge < -0.3 is 20.1 Å². The number of ether oxygens (including phenoxy) is 2. The van der Waals surface area contributed by atoms with Crippen LogP contribution in [0.2, 0.25) is 5.02 Å². The van der Waals surface area contributed by atoms with Crippen LogP contribution in [0.25, 0.3) is 11.1 Å². The molecule has 0 saturated carbocycles. The van der Waals surface area contributed by atoms with E-state index in [1.807, 2.05) is 24.3 Å². The number of hydrogen-bond donors (Lipinski definition) is 2. The van der Waals surface area contributed by atoms with E-state index >= 15 is 0 Å². The lowest BCUT2D eigenvalue weighted by Crippen LogP contribution is -2.30. The van der Waals surface area contributed by atoms with Crippen LogP contribution in [-0.4, -0.2) is 24.0 Å². The van der Waals surface area contributed by atoms with Crippen molar-refractivity contribution in [2.45, 2.75) is 26.7 Å². The Kier molecular flexibility index (Phi) is 10.1. The summed E-state index contributed by atoms with van der Waals surface area (Å²) in [7, 11) is 0. The van der Waals surface area contributed by atoms with Gasteiger partial charge in [-0.05, 0) is 18.2 Å². The van der Waals surface area contributed by atoms with Crippen molar-refractivity contribution >= 4 is 17.5 Å². The van der Waals surface area contributed by atoms with Gasteiger partial charge in [0.2, 0.25) is 5.91 Å². The van der Waals surface area contributed by atoms with Crippen LogP contribution in [0.4, 0.5) is 4.39 Å². The van der Waals surface area contributed by atoms with Crippen molar-refractivity contribution in [1.29, 1.82) is 5.26 Å². The fourth-order valence-corrected chi connectivity index (χ4v) is 4.27. The van der Waals surface area contributed by atoms with Crippen LogP contribution in [0.5, 0.6) is 11.5 Å². The number of benzene rings is 3. The van der Waals surface area contributed by atoms with E-state index in [1.165, 1.54) is 19.2 Å². The Bertz CT molecular complexity index is 1520. The van der Waals surface area contributed by atoms with E-state index in [1.54, 1.807) is 42.6 Å². The number of nitriles is 1. The normalized spacial score (nSPS) is 10.6. The van der Waals surface area contributed by atoms with Crippen LogP contribution in [-0.2, 0) is 24.6 Å². The molecule has 4 aromatic rings. The number of carbonyl (C=O) groups is 1. The number of aromatic nitrogens is 1. The molecule has 0 unspecified atom stereocenters. The van der Waals surface area contributed by atoms with Crippen molar-refractivity contribution < 1.29 is 18.7 Å². The number of carbonyl (C=O) groups excluding carboxylic acids is 1. The first-order valence-electron chi connectivity index (χ1n) is 12.6. The molecule has 3 aromatic carbocycles. The highest BCUT2D eigenvalue weighted by Gasteiger charge is 2.13. The molecule has 0 saturated heterocycles. The molecule has 4 rings (SSSR count). The molecule has 0 fully saturated rings. The minimum absolute atomic E-state index is 0.0833. The molecule has 1 amide bonds. The third-order valence-corrected chi connectivity index (χ3v) is 6.43. The molecule has 204 valence electrons. The molecule has 0 aliphatic carbocycles. The van der Waals surface area contributed by atoms with Gasteiger partial charge in [-0.15, -0.1) is 0 Å². The second kappa shape index (κ2) is 14.1. The Morgan fingerprint density at radius 2 is 1.80 bits per heavy atom. The Morgan fingerprint density at radius 1 is 0.975 bits per heavy atom. The van der Waals surface area contributed by atoms with Crippen molar-refractivity contribution in [3.8, 4) is 28.7 Å². The van der Waals surface area contributed by atoms with Gasteiger partial charge in [0.15, 0.2) is 0 Å². The van der Waals surface area contributed by atoms with E-state index < -0.39 is 0 Å². The first-order valence-corrected chi connectivity index (χ1v) is 13.0. The van der Waals surface area contributed by atoms with Crippen molar-refractivity contribution in [2.75, 3.05) is 13.1 Å². The number of pyridine rings is 1. The maximum atomic E-state index is 14.4. The van der Waals surface area contributed by atoms with Gasteiger partial charge >= 0.3 is 0 Å². The molecule has 2 N–H and O–H groups in total. The largest absolute Gasteiger partial charge is 0.489 e. The highest BCUT2D eigenvalue weighted by molar-refractivity contribution is 6.34. The van der Waals surface area contributed by atoms with Crippen molar-refractivity contribution in [2.24, 2.45) is 0 Å². The van der Waals surface area contributed by atoms with E-state index in [0.29, 0.717) is 58.4 Å². The smallest absolute Gasteiger partial charge is 0.216 e. The van der Waals surface area contributed by atoms with Crippen LogP contribution in [0.1, 0.15) is 29.2 Å². The summed E-state index contributed by atoms with van der Waals surface area (Å²) in [6.45, 7) is 3.45. The van der Waals surface area contributed by atoms with E-state index in [2.05, 4.69) is 21.7 Å². The summed E-state index contributed by atoms with van der Waals surface area (Å²) < 4.78 is 26.6. The highest BCUT2D eigenvalue weighted by Crippen LogP contribution is 2.33. The summed E-state index contributed by atoms with van der Waals surface area (Å²) in [6.07, 6.45) is 3.14. The Hall–Kier alpha value is -4.45. The summed E-state index contributed by atoms with van der Waals surface area (Å²) in [6, 6.07) is 21.3. The molecular formula is C31H28ClFN4O3. The zero-order valence-electron chi connectivity index (χ0n) is 21.9. The monoisotopic (exact) mass is 558 g/mol. The highest BCUT2D eigenvalue weighted by atomic mass is 35.5. The minimum atomic E-state index is -0.346. The molecule has 0 aliphatic heterocycles.